The maximum Gasteiger partial charge on any atom is 0.264 e. The Hall–Kier alpha value is -2.02. The molecule has 4 nitrogen and oxygen atoms in total. The van der Waals surface area contributed by atoms with Gasteiger partial charge >= 0.3 is 0 Å². The highest BCUT2D eigenvalue weighted by molar-refractivity contribution is 8.18. The summed E-state index contributed by atoms with van der Waals surface area (Å²) in [6.45, 7) is 0. The molecule has 1 fully saturated rings. The standard InChI is InChI=1S/C16H9Cl2FN2O2S/c17-9-2-1-3-10(18)14(9)20-16-21-15(23)13(24-16)7-8-4-5-12(22)11(19)6-8/h1-7,22H,(H,20,21,23)/b13-7-. The molecule has 24 heavy (non-hydrogen) atoms. The number of carbonyl (C=O) groups is 1. The third kappa shape index (κ3) is 3.56. The molecule has 1 aliphatic rings. The molecule has 0 aromatic heterocycles. The van der Waals surface area contributed by atoms with E-state index in [4.69, 9.17) is 23.2 Å². The number of phenolic OH excluding ortho intramolecular Hbond substituents is 1. The van der Waals surface area contributed by atoms with Gasteiger partial charge in [0.25, 0.3) is 5.91 Å². The lowest BCUT2D eigenvalue weighted by molar-refractivity contribution is -0.115. The van der Waals surface area contributed by atoms with E-state index in [1.165, 1.54) is 18.2 Å². The van der Waals surface area contributed by atoms with Crippen LogP contribution in [-0.4, -0.2) is 16.2 Å². The molecule has 1 aliphatic heterocycles. The van der Waals surface area contributed by atoms with E-state index in [1.54, 1.807) is 18.2 Å². The average Bonchev–Trinajstić information content (AvgIpc) is 2.87. The van der Waals surface area contributed by atoms with Crippen LogP contribution in [0.5, 0.6) is 5.75 Å². The van der Waals surface area contributed by atoms with Crippen molar-refractivity contribution >= 4 is 57.8 Å². The van der Waals surface area contributed by atoms with Crippen molar-refractivity contribution in [3.8, 4) is 5.75 Å². The highest BCUT2D eigenvalue weighted by atomic mass is 35.5. The molecule has 0 saturated carbocycles. The molecule has 0 bridgehead atoms. The predicted octanol–water partition coefficient (Wildman–Crippen LogP) is 4.73. The van der Waals surface area contributed by atoms with Crippen molar-refractivity contribution in [1.29, 1.82) is 0 Å². The lowest BCUT2D eigenvalue weighted by atomic mass is 10.2. The predicted molar refractivity (Wildman–Crippen MR) is 95.3 cm³/mol. The van der Waals surface area contributed by atoms with E-state index in [0.29, 0.717) is 31.4 Å². The van der Waals surface area contributed by atoms with Crippen LogP contribution in [-0.2, 0) is 4.79 Å². The summed E-state index contributed by atoms with van der Waals surface area (Å²) in [5.74, 6) is -1.57. The van der Waals surface area contributed by atoms with Gasteiger partial charge in [0.15, 0.2) is 16.7 Å². The van der Waals surface area contributed by atoms with Gasteiger partial charge in [-0.3, -0.25) is 4.79 Å². The van der Waals surface area contributed by atoms with Gasteiger partial charge in [-0.15, -0.1) is 0 Å². The molecule has 1 amide bonds. The van der Waals surface area contributed by atoms with Crippen LogP contribution < -0.4 is 5.32 Å². The van der Waals surface area contributed by atoms with E-state index in [-0.39, 0.29) is 5.91 Å². The summed E-state index contributed by atoms with van der Waals surface area (Å²) in [4.78, 5) is 16.6. The number of hydrogen-bond acceptors (Lipinski definition) is 4. The molecule has 0 aliphatic carbocycles. The molecular weight excluding hydrogens is 374 g/mol. The zero-order valence-corrected chi connectivity index (χ0v) is 14.2. The van der Waals surface area contributed by atoms with Crippen molar-refractivity contribution in [3.05, 3.63) is 62.7 Å². The smallest absolute Gasteiger partial charge is 0.264 e. The zero-order valence-electron chi connectivity index (χ0n) is 11.9. The molecule has 2 aromatic carbocycles. The van der Waals surface area contributed by atoms with E-state index >= 15 is 0 Å². The van der Waals surface area contributed by atoms with Gasteiger partial charge in [0.05, 0.1) is 15.0 Å². The molecule has 2 N–H and O–H groups in total. The molecule has 0 spiro atoms. The van der Waals surface area contributed by atoms with Gasteiger partial charge in [-0.05, 0) is 47.7 Å². The second-order valence-corrected chi connectivity index (χ2v) is 6.61. The zero-order chi connectivity index (χ0) is 17.3. The first kappa shape index (κ1) is 16.8. The average molecular weight is 383 g/mol. The topological polar surface area (TPSA) is 61.7 Å². The second kappa shape index (κ2) is 6.84. The Kier molecular flexibility index (Phi) is 4.80. The number of phenols is 1. The van der Waals surface area contributed by atoms with Crippen LogP contribution in [0.25, 0.3) is 6.08 Å². The molecule has 1 heterocycles. The first-order valence-electron chi connectivity index (χ1n) is 6.66. The van der Waals surface area contributed by atoms with Crippen molar-refractivity contribution in [1.82, 2.24) is 5.32 Å². The Bertz CT molecular complexity index is 879. The van der Waals surface area contributed by atoms with Crippen LogP contribution in [0.15, 0.2) is 46.3 Å². The number of thioether (sulfide) groups is 1. The number of amides is 1. The number of halogens is 3. The SMILES string of the molecule is O=C1N/C(=N/c2c(Cl)cccc2Cl)S/C1=C\c1ccc(O)c(F)c1. The molecule has 0 radical (unpaired) electrons. The third-order valence-electron chi connectivity index (χ3n) is 3.07. The first-order chi connectivity index (χ1) is 11.4. The van der Waals surface area contributed by atoms with Gasteiger partial charge in [0, 0.05) is 0 Å². The molecule has 122 valence electrons. The molecule has 1 saturated heterocycles. The van der Waals surface area contributed by atoms with Crippen molar-refractivity contribution in [3.63, 3.8) is 0 Å². The molecule has 3 rings (SSSR count). The van der Waals surface area contributed by atoms with E-state index in [9.17, 15) is 14.3 Å². The van der Waals surface area contributed by atoms with E-state index in [0.717, 1.165) is 17.8 Å². The number of para-hydroxylation sites is 1. The van der Waals surface area contributed by atoms with Crippen LogP contribution in [0.1, 0.15) is 5.56 Å². The molecular formula is C16H9Cl2FN2O2S. The molecule has 0 unspecified atom stereocenters. The Morgan fingerprint density at radius 1 is 1.21 bits per heavy atom. The largest absolute Gasteiger partial charge is 0.505 e. The highest BCUT2D eigenvalue weighted by Gasteiger charge is 2.24. The number of hydrogen-bond donors (Lipinski definition) is 2. The number of nitrogens with zero attached hydrogens (tertiary/aromatic N) is 1. The lowest BCUT2D eigenvalue weighted by Gasteiger charge is -2.01. The van der Waals surface area contributed by atoms with E-state index in [1.807, 2.05) is 0 Å². The van der Waals surface area contributed by atoms with Crippen molar-refractivity contribution in [2.75, 3.05) is 0 Å². The van der Waals surface area contributed by atoms with E-state index in [2.05, 4.69) is 10.3 Å². The Labute approximate surface area is 151 Å². The van der Waals surface area contributed by atoms with Crippen molar-refractivity contribution in [2.24, 2.45) is 4.99 Å². The maximum atomic E-state index is 13.4. The van der Waals surface area contributed by atoms with Gasteiger partial charge in [-0.25, -0.2) is 9.38 Å². The molecule has 8 heteroatoms. The van der Waals surface area contributed by atoms with Crippen molar-refractivity contribution < 1.29 is 14.3 Å². The van der Waals surface area contributed by atoms with Gasteiger partial charge in [0.2, 0.25) is 0 Å². The molecule has 2 aromatic rings. The number of aliphatic imine (C=N–C) groups is 1. The summed E-state index contributed by atoms with van der Waals surface area (Å²) < 4.78 is 13.4. The fourth-order valence-electron chi connectivity index (χ4n) is 1.94. The minimum absolute atomic E-state index is 0.320. The number of rotatable bonds is 2. The van der Waals surface area contributed by atoms with Crippen LogP contribution >= 0.6 is 35.0 Å². The minimum Gasteiger partial charge on any atom is -0.505 e. The monoisotopic (exact) mass is 382 g/mol. The Morgan fingerprint density at radius 2 is 1.92 bits per heavy atom. The summed E-state index contributed by atoms with van der Waals surface area (Å²) >= 11 is 13.2. The normalized spacial score (nSPS) is 17.5. The minimum atomic E-state index is -0.760. The summed E-state index contributed by atoms with van der Waals surface area (Å²) in [6, 6.07) is 8.83. The van der Waals surface area contributed by atoms with Gasteiger partial charge in [0.1, 0.15) is 5.69 Å². The fraction of sp³-hybridized carbons (Fsp3) is 0. The number of carbonyl (C=O) groups excluding carboxylic acids is 1. The number of amidine groups is 1. The highest BCUT2D eigenvalue weighted by Crippen LogP contribution is 2.35. The van der Waals surface area contributed by atoms with Crippen LogP contribution in [0.2, 0.25) is 10.0 Å². The summed E-state index contributed by atoms with van der Waals surface area (Å²) in [5, 5.41) is 12.8. The quantitative estimate of drug-likeness (QED) is 0.737. The number of benzene rings is 2. The van der Waals surface area contributed by atoms with E-state index < -0.39 is 11.6 Å². The Balaban J connectivity index is 1.89. The fourth-order valence-corrected chi connectivity index (χ4v) is 3.25. The van der Waals surface area contributed by atoms with Gasteiger partial charge in [-0.1, -0.05) is 35.3 Å². The van der Waals surface area contributed by atoms with Gasteiger partial charge < -0.3 is 10.4 Å². The van der Waals surface area contributed by atoms with Crippen LogP contribution in [0, 0.1) is 5.82 Å². The summed E-state index contributed by atoms with van der Waals surface area (Å²) in [5.41, 5.74) is 0.806. The second-order valence-electron chi connectivity index (χ2n) is 4.76. The molecule has 0 atom stereocenters. The number of aromatic hydroxyl groups is 1. The lowest BCUT2D eigenvalue weighted by Crippen LogP contribution is -2.19. The first-order valence-corrected chi connectivity index (χ1v) is 8.23. The Morgan fingerprint density at radius 3 is 2.58 bits per heavy atom. The van der Waals surface area contributed by atoms with Crippen LogP contribution in [0.4, 0.5) is 10.1 Å². The summed E-state index contributed by atoms with van der Waals surface area (Å²) in [6.07, 6.45) is 1.50. The maximum absolute atomic E-state index is 13.4. The number of nitrogens with one attached hydrogen (secondary N) is 1. The summed E-state index contributed by atoms with van der Waals surface area (Å²) in [7, 11) is 0. The van der Waals surface area contributed by atoms with Crippen molar-refractivity contribution in [2.45, 2.75) is 0 Å². The van der Waals surface area contributed by atoms with Gasteiger partial charge in [-0.2, -0.15) is 0 Å². The third-order valence-corrected chi connectivity index (χ3v) is 4.59. The van der Waals surface area contributed by atoms with Crippen LogP contribution in [0.3, 0.4) is 0 Å².